The third-order valence-electron chi connectivity index (χ3n) is 5.28. The molecule has 0 bridgehead atoms. The van der Waals surface area contributed by atoms with E-state index in [4.69, 9.17) is 4.98 Å². The molecule has 4 rings (SSSR count). The van der Waals surface area contributed by atoms with Gasteiger partial charge in [0, 0.05) is 45.0 Å². The molecule has 4 heterocycles. The van der Waals surface area contributed by atoms with Crippen molar-refractivity contribution in [3.05, 3.63) is 54.0 Å². The lowest BCUT2D eigenvalue weighted by atomic mass is 9.95. The second-order valence-corrected chi connectivity index (χ2v) is 9.66. The molecule has 1 aliphatic rings. The number of imidazole rings is 1. The molecular formula is C20H25N5O2S. The average Bonchev–Trinajstić information content (AvgIpc) is 3.11. The molecule has 0 radical (unpaired) electrons. The zero-order valence-corrected chi connectivity index (χ0v) is 17.2. The Labute approximate surface area is 165 Å². The Hall–Kier alpha value is -2.29. The summed E-state index contributed by atoms with van der Waals surface area (Å²) in [6, 6.07) is 10.00. The van der Waals surface area contributed by atoms with Crippen molar-refractivity contribution in [2.45, 2.75) is 25.7 Å². The van der Waals surface area contributed by atoms with Crippen LogP contribution >= 0.6 is 0 Å². The minimum Gasteiger partial charge on any atom is -0.298 e. The second-order valence-electron chi connectivity index (χ2n) is 7.51. The SMILES string of the molecule is Cc1ccc2ncc(-c3cccc([C@@H]4CCCN(S(=O)(=O)N(C)C)C4)n3)n2c1. The predicted molar refractivity (Wildman–Crippen MR) is 109 cm³/mol. The van der Waals surface area contributed by atoms with Crippen LogP contribution in [0.15, 0.2) is 42.7 Å². The van der Waals surface area contributed by atoms with Gasteiger partial charge in [0.15, 0.2) is 0 Å². The first-order valence-corrected chi connectivity index (χ1v) is 10.8. The van der Waals surface area contributed by atoms with Crippen LogP contribution in [0.2, 0.25) is 0 Å². The number of rotatable bonds is 4. The Bertz CT molecular complexity index is 1110. The van der Waals surface area contributed by atoms with Crippen molar-refractivity contribution in [3.8, 4) is 11.4 Å². The standard InChI is InChI=1S/C20H25N5O2S/c1-15-9-10-20-21-12-19(25(20)13-15)18-8-4-7-17(22-18)16-6-5-11-24(14-16)28(26,27)23(2)3/h4,7-10,12-13,16H,5-6,11,14H2,1-3H3/t16-/m1/s1. The highest BCUT2D eigenvalue weighted by atomic mass is 32.2. The molecule has 0 N–H and O–H groups in total. The van der Waals surface area contributed by atoms with E-state index in [-0.39, 0.29) is 5.92 Å². The summed E-state index contributed by atoms with van der Waals surface area (Å²) in [5.74, 6) is 0.0874. The molecule has 28 heavy (non-hydrogen) atoms. The minimum atomic E-state index is -3.40. The predicted octanol–water partition coefficient (Wildman–Crippen LogP) is 2.69. The molecule has 148 valence electrons. The van der Waals surface area contributed by atoms with E-state index in [2.05, 4.69) is 18.1 Å². The van der Waals surface area contributed by atoms with E-state index < -0.39 is 10.2 Å². The highest BCUT2D eigenvalue weighted by molar-refractivity contribution is 7.86. The quantitative estimate of drug-likeness (QED) is 0.676. The van der Waals surface area contributed by atoms with Gasteiger partial charge in [-0.25, -0.2) is 4.98 Å². The van der Waals surface area contributed by atoms with E-state index in [1.165, 1.54) is 4.31 Å². The van der Waals surface area contributed by atoms with Crippen molar-refractivity contribution >= 4 is 15.9 Å². The molecule has 8 heteroatoms. The molecule has 1 atom stereocenters. The number of pyridine rings is 2. The molecule has 0 saturated carbocycles. The molecule has 3 aromatic heterocycles. The molecule has 1 saturated heterocycles. The number of hydrogen-bond donors (Lipinski definition) is 0. The number of aryl methyl sites for hydroxylation is 1. The maximum absolute atomic E-state index is 12.5. The molecule has 0 aliphatic carbocycles. The van der Waals surface area contributed by atoms with Gasteiger partial charge in [-0.3, -0.25) is 9.38 Å². The van der Waals surface area contributed by atoms with Crippen LogP contribution in [0.5, 0.6) is 0 Å². The van der Waals surface area contributed by atoms with Crippen LogP contribution in [-0.2, 0) is 10.2 Å². The summed E-state index contributed by atoms with van der Waals surface area (Å²) in [5, 5.41) is 0. The first-order chi connectivity index (χ1) is 13.4. The molecule has 1 aliphatic heterocycles. The normalized spacial score (nSPS) is 18.8. The van der Waals surface area contributed by atoms with E-state index in [0.717, 1.165) is 41.1 Å². The summed E-state index contributed by atoms with van der Waals surface area (Å²) in [5.41, 5.74) is 4.75. The van der Waals surface area contributed by atoms with Gasteiger partial charge in [-0.1, -0.05) is 12.1 Å². The van der Waals surface area contributed by atoms with Gasteiger partial charge < -0.3 is 0 Å². The molecule has 0 spiro atoms. The molecule has 7 nitrogen and oxygen atoms in total. The van der Waals surface area contributed by atoms with Crippen LogP contribution in [0, 0.1) is 6.92 Å². The van der Waals surface area contributed by atoms with Crippen LogP contribution in [0.3, 0.4) is 0 Å². The first kappa shape index (κ1) is 19.0. The van der Waals surface area contributed by atoms with Gasteiger partial charge in [0.25, 0.3) is 10.2 Å². The maximum Gasteiger partial charge on any atom is 0.281 e. The van der Waals surface area contributed by atoms with Crippen molar-refractivity contribution in [2.75, 3.05) is 27.2 Å². The smallest absolute Gasteiger partial charge is 0.281 e. The fraction of sp³-hybridized carbons (Fsp3) is 0.400. The Balaban J connectivity index is 1.66. The van der Waals surface area contributed by atoms with E-state index in [1.54, 1.807) is 18.4 Å². The van der Waals surface area contributed by atoms with Gasteiger partial charge in [0.2, 0.25) is 0 Å². The van der Waals surface area contributed by atoms with Crippen molar-refractivity contribution in [1.82, 2.24) is 23.0 Å². The Morgan fingerprint density at radius 3 is 2.79 bits per heavy atom. The zero-order valence-electron chi connectivity index (χ0n) is 16.4. The molecule has 0 aromatic carbocycles. The molecule has 3 aromatic rings. The zero-order chi connectivity index (χ0) is 19.9. The summed E-state index contributed by atoms with van der Waals surface area (Å²) < 4.78 is 29.9. The van der Waals surface area contributed by atoms with Gasteiger partial charge in [-0.05, 0) is 43.5 Å². The topological polar surface area (TPSA) is 70.8 Å². The number of nitrogens with zero attached hydrogens (tertiary/aromatic N) is 5. The molecule has 1 fully saturated rings. The summed E-state index contributed by atoms with van der Waals surface area (Å²) in [7, 11) is -0.255. The first-order valence-electron chi connectivity index (χ1n) is 9.45. The van der Waals surface area contributed by atoms with E-state index in [1.807, 2.05) is 40.9 Å². The Kier molecular flexibility index (Phi) is 4.95. The van der Waals surface area contributed by atoms with Crippen LogP contribution < -0.4 is 0 Å². The average molecular weight is 400 g/mol. The highest BCUT2D eigenvalue weighted by Gasteiger charge is 2.31. The highest BCUT2D eigenvalue weighted by Crippen LogP contribution is 2.29. The second kappa shape index (κ2) is 7.27. The summed E-state index contributed by atoms with van der Waals surface area (Å²) in [4.78, 5) is 9.36. The van der Waals surface area contributed by atoms with Crippen LogP contribution in [0.25, 0.3) is 17.0 Å². The lowest BCUT2D eigenvalue weighted by molar-refractivity contribution is 0.296. The summed E-state index contributed by atoms with van der Waals surface area (Å²) >= 11 is 0. The number of hydrogen-bond acceptors (Lipinski definition) is 4. The Morgan fingerprint density at radius 2 is 2.00 bits per heavy atom. The van der Waals surface area contributed by atoms with Crippen molar-refractivity contribution in [3.63, 3.8) is 0 Å². The number of aromatic nitrogens is 3. The molecule has 0 amide bonds. The van der Waals surface area contributed by atoms with E-state index in [9.17, 15) is 8.42 Å². The minimum absolute atomic E-state index is 0.0874. The van der Waals surface area contributed by atoms with Crippen LogP contribution in [-0.4, -0.2) is 58.6 Å². The van der Waals surface area contributed by atoms with E-state index in [0.29, 0.717) is 13.1 Å². The third kappa shape index (κ3) is 3.43. The van der Waals surface area contributed by atoms with Gasteiger partial charge in [-0.2, -0.15) is 17.0 Å². The van der Waals surface area contributed by atoms with Crippen LogP contribution in [0.1, 0.15) is 30.0 Å². The maximum atomic E-state index is 12.5. The third-order valence-corrected chi connectivity index (χ3v) is 7.18. The number of fused-ring (bicyclic) bond motifs is 1. The number of piperidine rings is 1. The van der Waals surface area contributed by atoms with Crippen molar-refractivity contribution < 1.29 is 8.42 Å². The van der Waals surface area contributed by atoms with Gasteiger partial charge in [0.05, 0.1) is 17.6 Å². The van der Waals surface area contributed by atoms with Gasteiger partial charge >= 0.3 is 0 Å². The fourth-order valence-corrected chi connectivity index (χ4v) is 4.91. The monoisotopic (exact) mass is 399 g/mol. The molecular weight excluding hydrogens is 374 g/mol. The van der Waals surface area contributed by atoms with Crippen molar-refractivity contribution in [2.24, 2.45) is 0 Å². The van der Waals surface area contributed by atoms with Gasteiger partial charge in [-0.15, -0.1) is 0 Å². The van der Waals surface area contributed by atoms with Gasteiger partial charge in [0.1, 0.15) is 5.65 Å². The fourth-order valence-electron chi connectivity index (χ4n) is 3.72. The lowest BCUT2D eigenvalue weighted by Gasteiger charge is -2.33. The lowest BCUT2D eigenvalue weighted by Crippen LogP contribution is -2.45. The largest absolute Gasteiger partial charge is 0.298 e. The molecule has 0 unspecified atom stereocenters. The Morgan fingerprint density at radius 1 is 1.18 bits per heavy atom. The summed E-state index contributed by atoms with van der Waals surface area (Å²) in [6.45, 7) is 3.07. The van der Waals surface area contributed by atoms with Crippen molar-refractivity contribution in [1.29, 1.82) is 0 Å². The van der Waals surface area contributed by atoms with E-state index >= 15 is 0 Å². The van der Waals surface area contributed by atoms with Crippen LogP contribution in [0.4, 0.5) is 0 Å². The summed E-state index contributed by atoms with van der Waals surface area (Å²) in [6.07, 6.45) is 5.66.